The molecule has 0 aromatic heterocycles. The van der Waals surface area contributed by atoms with Gasteiger partial charge in [0, 0.05) is 32.1 Å². The predicted molar refractivity (Wildman–Crippen MR) is 110 cm³/mol. The second-order valence-corrected chi connectivity index (χ2v) is 8.55. The van der Waals surface area contributed by atoms with Crippen LogP contribution >= 0.6 is 11.8 Å². The molecule has 2 aliphatic heterocycles. The summed E-state index contributed by atoms with van der Waals surface area (Å²) >= 11 is 1.64. The number of carbonyl (C=O) groups is 2. The number of anilines is 1. The molecule has 0 saturated carbocycles. The van der Waals surface area contributed by atoms with Crippen LogP contribution in [0.15, 0.2) is 29.2 Å². The Morgan fingerprint density at radius 2 is 1.78 bits per heavy atom. The fraction of sp³-hybridized carbons (Fsp3) is 0.600. The van der Waals surface area contributed by atoms with Crippen molar-refractivity contribution in [1.29, 1.82) is 0 Å². The van der Waals surface area contributed by atoms with Crippen LogP contribution in [0.25, 0.3) is 0 Å². The zero-order valence-corrected chi connectivity index (χ0v) is 17.3. The lowest BCUT2D eigenvalue weighted by Gasteiger charge is -2.23. The molecule has 2 atom stereocenters. The number of carbonyl (C=O) groups excluding carboxylic acids is 2. The molecule has 1 aromatic rings. The van der Waals surface area contributed by atoms with Gasteiger partial charge in [-0.1, -0.05) is 12.1 Å². The van der Waals surface area contributed by atoms with Crippen LogP contribution in [0.1, 0.15) is 12.8 Å². The SMILES string of the molecule is CSc1ccccc1NC(=O)N1C[C@H]2CCN(CC(=O)N(C)C)CC[C@H]2C1. The summed E-state index contributed by atoms with van der Waals surface area (Å²) < 4.78 is 0. The van der Waals surface area contributed by atoms with Gasteiger partial charge in [0.1, 0.15) is 0 Å². The number of hydrogen-bond donors (Lipinski definition) is 1. The van der Waals surface area contributed by atoms with Crippen molar-refractivity contribution in [2.24, 2.45) is 11.8 Å². The molecule has 3 rings (SSSR count). The molecule has 0 unspecified atom stereocenters. The number of likely N-dealkylation sites (N-methyl/N-ethyl adjacent to an activating group) is 1. The summed E-state index contributed by atoms with van der Waals surface area (Å²) in [5.74, 6) is 1.23. The molecule has 2 saturated heterocycles. The van der Waals surface area contributed by atoms with E-state index in [1.807, 2.05) is 35.4 Å². The van der Waals surface area contributed by atoms with Gasteiger partial charge in [-0.05, 0) is 56.2 Å². The molecular formula is C20H30N4O2S. The summed E-state index contributed by atoms with van der Waals surface area (Å²) in [4.78, 5) is 31.7. The van der Waals surface area contributed by atoms with Crippen molar-refractivity contribution in [1.82, 2.24) is 14.7 Å². The van der Waals surface area contributed by atoms with Gasteiger partial charge in [-0.25, -0.2) is 4.79 Å². The van der Waals surface area contributed by atoms with Crippen LogP contribution in [0.5, 0.6) is 0 Å². The number of nitrogens with one attached hydrogen (secondary N) is 1. The highest BCUT2D eigenvalue weighted by molar-refractivity contribution is 7.98. The molecule has 0 aliphatic carbocycles. The molecule has 7 heteroatoms. The van der Waals surface area contributed by atoms with E-state index < -0.39 is 0 Å². The maximum absolute atomic E-state index is 12.7. The summed E-state index contributed by atoms with van der Waals surface area (Å²) in [5.41, 5.74) is 0.885. The number of nitrogens with zero attached hydrogens (tertiary/aromatic N) is 3. The standard InChI is InChI=1S/C20H30N4O2S/c1-22(2)19(25)14-23-10-8-15-12-24(13-16(15)9-11-23)20(26)21-17-6-4-5-7-18(17)27-3/h4-7,15-16H,8-14H2,1-3H3,(H,21,26)/t15-,16+. The third-order valence-electron chi connectivity index (χ3n) is 5.70. The van der Waals surface area contributed by atoms with Gasteiger partial charge in [0.2, 0.25) is 5.91 Å². The van der Waals surface area contributed by atoms with E-state index in [1.54, 1.807) is 30.8 Å². The molecule has 1 aromatic carbocycles. The monoisotopic (exact) mass is 390 g/mol. The van der Waals surface area contributed by atoms with E-state index >= 15 is 0 Å². The molecule has 3 amide bonds. The van der Waals surface area contributed by atoms with Gasteiger partial charge >= 0.3 is 6.03 Å². The molecular weight excluding hydrogens is 360 g/mol. The van der Waals surface area contributed by atoms with Crippen LogP contribution in [0, 0.1) is 11.8 Å². The second-order valence-electron chi connectivity index (χ2n) is 7.70. The van der Waals surface area contributed by atoms with Crippen LogP contribution in [0.2, 0.25) is 0 Å². The largest absolute Gasteiger partial charge is 0.348 e. The average Bonchev–Trinajstić information content (AvgIpc) is 2.98. The van der Waals surface area contributed by atoms with Crippen molar-refractivity contribution in [2.45, 2.75) is 17.7 Å². The van der Waals surface area contributed by atoms with Crippen LogP contribution in [-0.4, -0.2) is 79.7 Å². The molecule has 2 fully saturated rings. The molecule has 0 bridgehead atoms. The summed E-state index contributed by atoms with van der Waals surface area (Å²) in [6, 6.07) is 7.92. The third kappa shape index (κ3) is 4.96. The highest BCUT2D eigenvalue weighted by Gasteiger charge is 2.37. The van der Waals surface area contributed by atoms with E-state index in [4.69, 9.17) is 0 Å². The fourth-order valence-corrected chi connectivity index (χ4v) is 4.55. The quantitative estimate of drug-likeness (QED) is 0.803. The zero-order valence-electron chi connectivity index (χ0n) is 16.5. The number of benzene rings is 1. The van der Waals surface area contributed by atoms with Crippen LogP contribution in [0.4, 0.5) is 10.5 Å². The van der Waals surface area contributed by atoms with Crippen LogP contribution in [0.3, 0.4) is 0 Å². The van der Waals surface area contributed by atoms with E-state index in [9.17, 15) is 9.59 Å². The summed E-state index contributed by atoms with van der Waals surface area (Å²) in [6.45, 7) is 4.00. The maximum atomic E-state index is 12.7. The number of hydrogen-bond acceptors (Lipinski definition) is 4. The Bertz CT molecular complexity index is 666. The molecule has 0 radical (unpaired) electrons. The number of rotatable bonds is 4. The number of likely N-dealkylation sites (tertiary alicyclic amines) is 2. The highest BCUT2D eigenvalue weighted by Crippen LogP contribution is 2.32. The first-order chi connectivity index (χ1) is 13.0. The predicted octanol–water partition coefficient (Wildman–Crippen LogP) is 2.67. The summed E-state index contributed by atoms with van der Waals surface area (Å²) in [5, 5.41) is 3.08. The molecule has 2 aliphatic rings. The normalized spacial score (nSPS) is 22.9. The first kappa shape index (κ1) is 20.0. The van der Waals surface area contributed by atoms with Gasteiger partial charge in [-0.15, -0.1) is 11.8 Å². The van der Waals surface area contributed by atoms with Gasteiger partial charge < -0.3 is 15.1 Å². The third-order valence-corrected chi connectivity index (χ3v) is 6.50. The van der Waals surface area contributed by atoms with E-state index in [0.717, 1.165) is 49.6 Å². The summed E-state index contributed by atoms with van der Waals surface area (Å²) in [7, 11) is 3.61. The van der Waals surface area contributed by atoms with Crippen LogP contribution in [-0.2, 0) is 4.79 Å². The molecule has 6 nitrogen and oxygen atoms in total. The lowest BCUT2D eigenvalue weighted by molar-refractivity contribution is -0.129. The van der Waals surface area contributed by atoms with E-state index in [1.165, 1.54) is 0 Å². The Balaban J connectivity index is 1.54. The second kappa shape index (κ2) is 8.97. The number of urea groups is 1. The lowest BCUT2D eigenvalue weighted by Crippen LogP contribution is -2.38. The topological polar surface area (TPSA) is 55.9 Å². The smallest absolute Gasteiger partial charge is 0.321 e. The van der Waals surface area contributed by atoms with Crippen molar-refractivity contribution in [2.75, 3.05) is 58.4 Å². The first-order valence-electron chi connectivity index (χ1n) is 9.59. The van der Waals surface area contributed by atoms with Gasteiger partial charge in [0.05, 0.1) is 12.2 Å². The minimum atomic E-state index is 0.00390. The van der Waals surface area contributed by atoms with Gasteiger partial charge in [-0.3, -0.25) is 9.69 Å². The molecule has 148 valence electrons. The Kier molecular flexibility index (Phi) is 6.65. The van der Waals surface area contributed by atoms with Gasteiger partial charge in [-0.2, -0.15) is 0 Å². The minimum absolute atomic E-state index is 0.00390. The Labute approximate surface area is 166 Å². The highest BCUT2D eigenvalue weighted by atomic mass is 32.2. The van der Waals surface area contributed by atoms with Gasteiger partial charge in [0.25, 0.3) is 0 Å². The summed E-state index contributed by atoms with van der Waals surface area (Å²) in [6.07, 6.45) is 4.12. The number of amides is 3. The van der Waals surface area contributed by atoms with Gasteiger partial charge in [0.15, 0.2) is 0 Å². The van der Waals surface area contributed by atoms with Crippen molar-refractivity contribution in [3.63, 3.8) is 0 Å². The lowest BCUT2D eigenvalue weighted by atomic mass is 9.92. The minimum Gasteiger partial charge on any atom is -0.348 e. The molecule has 27 heavy (non-hydrogen) atoms. The molecule has 1 N–H and O–H groups in total. The van der Waals surface area contributed by atoms with E-state index in [2.05, 4.69) is 10.2 Å². The average molecular weight is 391 g/mol. The van der Waals surface area contributed by atoms with Crippen molar-refractivity contribution in [3.8, 4) is 0 Å². The zero-order chi connectivity index (χ0) is 19.4. The maximum Gasteiger partial charge on any atom is 0.321 e. The number of para-hydroxylation sites is 1. The first-order valence-corrected chi connectivity index (χ1v) is 10.8. The Morgan fingerprint density at radius 1 is 1.15 bits per heavy atom. The van der Waals surface area contributed by atoms with E-state index in [-0.39, 0.29) is 11.9 Å². The number of thioether (sulfide) groups is 1. The molecule has 0 spiro atoms. The van der Waals surface area contributed by atoms with Crippen LogP contribution < -0.4 is 5.32 Å². The Hall–Kier alpha value is -1.73. The van der Waals surface area contributed by atoms with E-state index in [0.29, 0.717) is 18.4 Å². The van der Waals surface area contributed by atoms with Crippen molar-refractivity contribution >= 4 is 29.4 Å². The van der Waals surface area contributed by atoms with Crippen molar-refractivity contribution in [3.05, 3.63) is 24.3 Å². The Morgan fingerprint density at radius 3 is 2.37 bits per heavy atom. The fourth-order valence-electron chi connectivity index (χ4n) is 4.00. The van der Waals surface area contributed by atoms with Crippen molar-refractivity contribution < 1.29 is 9.59 Å². The number of fused-ring (bicyclic) bond motifs is 1. The molecule has 2 heterocycles.